The van der Waals surface area contributed by atoms with Crippen LogP contribution in [0, 0.1) is 13.8 Å². The summed E-state index contributed by atoms with van der Waals surface area (Å²) in [5.41, 5.74) is 2.06. The fourth-order valence-electron chi connectivity index (χ4n) is 1.88. The molecule has 0 aliphatic rings. The van der Waals surface area contributed by atoms with Gasteiger partial charge in [-0.3, -0.25) is 0 Å². The Hall–Kier alpha value is -1.06. The number of aliphatic hydroxyl groups is 1. The summed E-state index contributed by atoms with van der Waals surface area (Å²) in [6.45, 7) is 10.7. The second kappa shape index (κ2) is 6.21. The van der Waals surface area contributed by atoms with E-state index in [2.05, 4.69) is 39.1 Å². The zero-order valence-corrected chi connectivity index (χ0v) is 12.1. The molecule has 0 aliphatic carbocycles. The van der Waals surface area contributed by atoms with Crippen molar-refractivity contribution in [2.24, 2.45) is 0 Å². The van der Waals surface area contributed by atoms with E-state index in [0.29, 0.717) is 12.6 Å². The number of aliphatic hydroxyl groups excluding tert-OH is 1. The van der Waals surface area contributed by atoms with Crippen molar-refractivity contribution in [3.8, 4) is 5.75 Å². The van der Waals surface area contributed by atoms with E-state index in [4.69, 9.17) is 4.74 Å². The molecule has 0 bridgehead atoms. The first kappa shape index (κ1) is 15.0. The maximum Gasteiger partial charge on any atom is 0.119 e. The van der Waals surface area contributed by atoms with Gasteiger partial charge in [0.05, 0.1) is 12.1 Å². The van der Waals surface area contributed by atoms with E-state index >= 15 is 0 Å². The number of ether oxygens (including phenoxy) is 1. The van der Waals surface area contributed by atoms with Crippen LogP contribution in [0.4, 0.5) is 0 Å². The Kier molecular flexibility index (Phi) is 5.17. The summed E-state index contributed by atoms with van der Waals surface area (Å²) < 4.78 is 5.78. The van der Waals surface area contributed by atoms with Gasteiger partial charge in [-0.2, -0.15) is 0 Å². The van der Waals surface area contributed by atoms with Gasteiger partial charge in [-0.25, -0.2) is 0 Å². The van der Waals surface area contributed by atoms with Gasteiger partial charge in [-0.05, 0) is 44.0 Å². The summed E-state index contributed by atoms with van der Waals surface area (Å²) in [4.78, 5) is 0. The molecule has 102 valence electrons. The van der Waals surface area contributed by atoms with Crippen LogP contribution in [0.25, 0.3) is 0 Å². The van der Waals surface area contributed by atoms with Crippen LogP contribution in [-0.2, 0) is 0 Å². The van der Waals surface area contributed by atoms with E-state index in [9.17, 15) is 5.11 Å². The van der Waals surface area contributed by atoms with Crippen molar-refractivity contribution >= 4 is 0 Å². The molecule has 0 radical (unpaired) electrons. The molecule has 0 fully saturated rings. The van der Waals surface area contributed by atoms with Gasteiger partial charge in [-0.1, -0.05) is 19.9 Å². The molecule has 2 N–H and O–H groups in total. The third-order valence-corrected chi connectivity index (χ3v) is 3.02. The molecule has 1 aromatic carbocycles. The van der Waals surface area contributed by atoms with E-state index in [-0.39, 0.29) is 6.61 Å². The zero-order chi connectivity index (χ0) is 13.8. The number of nitrogens with one attached hydrogen (secondary N) is 1. The molecule has 0 spiro atoms. The maximum absolute atomic E-state index is 9.47. The monoisotopic (exact) mass is 251 g/mol. The molecule has 1 unspecified atom stereocenters. The summed E-state index contributed by atoms with van der Waals surface area (Å²) >= 11 is 0. The Morgan fingerprint density at radius 2 is 1.94 bits per heavy atom. The average molecular weight is 251 g/mol. The summed E-state index contributed by atoms with van der Waals surface area (Å²) in [6, 6.07) is 6.36. The lowest BCUT2D eigenvalue weighted by Crippen LogP contribution is -2.53. The van der Waals surface area contributed by atoms with E-state index in [1.807, 2.05) is 19.1 Å². The highest BCUT2D eigenvalue weighted by Gasteiger charge is 2.24. The van der Waals surface area contributed by atoms with Crippen molar-refractivity contribution in [1.82, 2.24) is 5.32 Å². The lowest BCUT2D eigenvalue weighted by Gasteiger charge is -2.31. The topological polar surface area (TPSA) is 41.5 Å². The quantitative estimate of drug-likeness (QED) is 0.816. The van der Waals surface area contributed by atoms with Gasteiger partial charge in [0.15, 0.2) is 0 Å². The van der Waals surface area contributed by atoms with E-state index in [1.54, 1.807) is 0 Å². The lowest BCUT2D eigenvalue weighted by atomic mass is 10.0. The normalized spacial score (nSPS) is 14.6. The Bertz CT molecular complexity index is 390. The van der Waals surface area contributed by atoms with Crippen molar-refractivity contribution in [3.63, 3.8) is 0 Å². The molecule has 0 saturated heterocycles. The molecule has 0 heterocycles. The Labute approximate surface area is 110 Å². The fourth-order valence-corrected chi connectivity index (χ4v) is 1.88. The Morgan fingerprint density at radius 3 is 2.44 bits per heavy atom. The summed E-state index contributed by atoms with van der Waals surface area (Å²) in [6.07, 6.45) is 0. The highest BCUT2D eigenvalue weighted by atomic mass is 16.5. The van der Waals surface area contributed by atoms with Crippen LogP contribution in [0.5, 0.6) is 5.75 Å². The standard InChI is InChI=1S/C15H25NO2/c1-11(2)16-15(5,9-17)10-18-14-7-6-12(3)13(4)8-14/h6-8,11,16-17H,9-10H2,1-5H3. The van der Waals surface area contributed by atoms with Gasteiger partial charge in [0.2, 0.25) is 0 Å². The van der Waals surface area contributed by atoms with Crippen LogP contribution < -0.4 is 10.1 Å². The van der Waals surface area contributed by atoms with E-state index in [0.717, 1.165) is 5.75 Å². The van der Waals surface area contributed by atoms with Crippen molar-refractivity contribution in [3.05, 3.63) is 29.3 Å². The second-order valence-corrected chi connectivity index (χ2v) is 5.55. The van der Waals surface area contributed by atoms with E-state index in [1.165, 1.54) is 11.1 Å². The molecule has 0 saturated carbocycles. The number of rotatable bonds is 6. The number of hydrogen-bond donors (Lipinski definition) is 2. The molecular formula is C15H25NO2. The van der Waals surface area contributed by atoms with Crippen LogP contribution in [0.2, 0.25) is 0 Å². The van der Waals surface area contributed by atoms with Crippen LogP contribution in [0.1, 0.15) is 31.9 Å². The van der Waals surface area contributed by atoms with Crippen LogP contribution in [-0.4, -0.2) is 29.9 Å². The first-order valence-corrected chi connectivity index (χ1v) is 6.45. The van der Waals surface area contributed by atoms with Crippen molar-refractivity contribution in [1.29, 1.82) is 0 Å². The molecule has 1 rings (SSSR count). The van der Waals surface area contributed by atoms with E-state index < -0.39 is 5.54 Å². The first-order chi connectivity index (χ1) is 8.36. The van der Waals surface area contributed by atoms with Gasteiger partial charge in [0.1, 0.15) is 12.4 Å². The predicted octanol–water partition coefficient (Wildman–Crippen LogP) is 2.43. The van der Waals surface area contributed by atoms with Gasteiger partial charge in [0, 0.05) is 6.04 Å². The lowest BCUT2D eigenvalue weighted by molar-refractivity contribution is 0.109. The summed E-state index contributed by atoms with van der Waals surface area (Å²) in [5, 5.41) is 12.8. The van der Waals surface area contributed by atoms with Crippen LogP contribution in [0.15, 0.2) is 18.2 Å². The average Bonchev–Trinajstić information content (AvgIpc) is 2.30. The van der Waals surface area contributed by atoms with Crippen molar-refractivity contribution in [2.45, 2.75) is 46.2 Å². The Morgan fingerprint density at radius 1 is 1.28 bits per heavy atom. The minimum atomic E-state index is -0.410. The van der Waals surface area contributed by atoms with Crippen LogP contribution >= 0.6 is 0 Å². The highest BCUT2D eigenvalue weighted by molar-refractivity contribution is 5.33. The molecular weight excluding hydrogens is 226 g/mol. The molecule has 3 nitrogen and oxygen atoms in total. The highest BCUT2D eigenvalue weighted by Crippen LogP contribution is 2.18. The maximum atomic E-state index is 9.47. The minimum Gasteiger partial charge on any atom is -0.492 e. The van der Waals surface area contributed by atoms with Gasteiger partial charge in [0.25, 0.3) is 0 Å². The molecule has 1 aromatic rings. The van der Waals surface area contributed by atoms with Gasteiger partial charge >= 0.3 is 0 Å². The fraction of sp³-hybridized carbons (Fsp3) is 0.600. The molecule has 0 amide bonds. The predicted molar refractivity (Wildman–Crippen MR) is 75.2 cm³/mol. The molecule has 1 atom stereocenters. The second-order valence-electron chi connectivity index (χ2n) is 5.55. The third-order valence-electron chi connectivity index (χ3n) is 3.02. The van der Waals surface area contributed by atoms with Gasteiger partial charge < -0.3 is 15.2 Å². The van der Waals surface area contributed by atoms with Crippen molar-refractivity contribution < 1.29 is 9.84 Å². The van der Waals surface area contributed by atoms with Crippen LogP contribution in [0.3, 0.4) is 0 Å². The third kappa shape index (κ3) is 4.31. The number of benzene rings is 1. The Balaban J connectivity index is 2.64. The molecule has 0 aromatic heterocycles. The number of aryl methyl sites for hydroxylation is 2. The van der Waals surface area contributed by atoms with Gasteiger partial charge in [-0.15, -0.1) is 0 Å². The SMILES string of the molecule is Cc1ccc(OCC(C)(CO)NC(C)C)cc1C. The largest absolute Gasteiger partial charge is 0.492 e. The first-order valence-electron chi connectivity index (χ1n) is 6.45. The molecule has 0 aliphatic heterocycles. The molecule has 18 heavy (non-hydrogen) atoms. The van der Waals surface area contributed by atoms with Crippen molar-refractivity contribution in [2.75, 3.05) is 13.2 Å². The zero-order valence-electron chi connectivity index (χ0n) is 12.1. The summed E-state index contributed by atoms with van der Waals surface area (Å²) in [5.74, 6) is 0.850. The minimum absolute atomic E-state index is 0.0516. The smallest absolute Gasteiger partial charge is 0.119 e. The molecule has 3 heteroatoms. The number of hydrogen-bond acceptors (Lipinski definition) is 3. The summed E-state index contributed by atoms with van der Waals surface area (Å²) in [7, 11) is 0.